The number of ether oxygens (including phenoxy) is 1. The lowest BCUT2D eigenvalue weighted by Gasteiger charge is -2.10. The van der Waals surface area contributed by atoms with Gasteiger partial charge in [-0.3, -0.25) is 0 Å². The molecule has 0 saturated carbocycles. The predicted molar refractivity (Wildman–Crippen MR) is 75.0 cm³/mol. The summed E-state index contributed by atoms with van der Waals surface area (Å²) in [5.41, 5.74) is 2.18. The molecule has 0 bridgehead atoms. The average Bonchev–Trinajstić information content (AvgIpc) is 2.34. The van der Waals surface area contributed by atoms with Gasteiger partial charge in [-0.25, -0.2) is 0 Å². The van der Waals surface area contributed by atoms with Crippen molar-refractivity contribution >= 4 is 27.5 Å². The fourth-order valence-electron chi connectivity index (χ4n) is 1.56. The number of hydrogen-bond acceptors (Lipinski definition) is 1. The number of benzene rings is 2. The van der Waals surface area contributed by atoms with Gasteiger partial charge in [0.05, 0.1) is 4.47 Å². The van der Waals surface area contributed by atoms with E-state index in [-0.39, 0.29) is 0 Å². The van der Waals surface area contributed by atoms with Crippen LogP contribution in [-0.2, 0) is 5.88 Å². The first-order chi connectivity index (χ1) is 8.20. The van der Waals surface area contributed by atoms with Crippen LogP contribution in [0.5, 0.6) is 11.5 Å². The maximum absolute atomic E-state index is 5.85. The van der Waals surface area contributed by atoms with Crippen molar-refractivity contribution in [2.45, 2.75) is 12.8 Å². The van der Waals surface area contributed by atoms with E-state index in [1.54, 1.807) is 0 Å². The van der Waals surface area contributed by atoms with Crippen LogP contribution in [0.15, 0.2) is 46.9 Å². The Balaban J connectivity index is 2.28. The molecule has 3 heteroatoms. The first-order valence-electron chi connectivity index (χ1n) is 5.28. The van der Waals surface area contributed by atoms with Gasteiger partial charge >= 0.3 is 0 Å². The molecule has 0 heterocycles. The summed E-state index contributed by atoms with van der Waals surface area (Å²) in [7, 11) is 0. The van der Waals surface area contributed by atoms with Gasteiger partial charge in [0.1, 0.15) is 11.5 Å². The summed E-state index contributed by atoms with van der Waals surface area (Å²) >= 11 is 9.25. The van der Waals surface area contributed by atoms with E-state index in [2.05, 4.69) is 15.9 Å². The second kappa shape index (κ2) is 5.56. The normalized spacial score (nSPS) is 10.3. The average molecular weight is 312 g/mol. The largest absolute Gasteiger partial charge is 0.456 e. The van der Waals surface area contributed by atoms with Gasteiger partial charge in [0, 0.05) is 5.88 Å². The number of aryl methyl sites for hydroxylation is 1. The van der Waals surface area contributed by atoms with Crippen molar-refractivity contribution in [2.75, 3.05) is 0 Å². The molecule has 0 saturated heterocycles. The van der Waals surface area contributed by atoms with E-state index >= 15 is 0 Å². The predicted octanol–water partition coefficient (Wildman–Crippen LogP) is 5.29. The molecule has 2 aromatic carbocycles. The molecular formula is C14H12BrClO. The monoisotopic (exact) mass is 310 g/mol. The van der Waals surface area contributed by atoms with Crippen molar-refractivity contribution < 1.29 is 4.74 Å². The van der Waals surface area contributed by atoms with Crippen molar-refractivity contribution in [2.24, 2.45) is 0 Å². The van der Waals surface area contributed by atoms with Crippen LogP contribution in [0.2, 0.25) is 0 Å². The Morgan fingerprint density at radius 1 is 1.12 bits per heavy atom. The molecule has 0 atom stereocenters. The van der Waals surface area contributed by atoms with E-state index < -0.39 is 0 Å². The molecule has 1 nitrogen and oxygen atoms in total. The highest BCUT2D eigenvalue weighted by molar-refractivity contribution is 9.10. The third kappa shape index (κ3) is 3.02. The minimum atomic E-state index is 0.524. The van der Waals surface area contributed by atoms with Crippen molar-refractivity contribution in [3.63, 3.8) is 0 Å². The van der Waals surface area contributed by atoms with Crippen LogP contribution < -0.4 is 4.74 Å². The zero-order valence-electron chi connectivity index (χ0n) is 9.41. The molecule has 0 aliphatic carbocycles. The van der Waals surface area contributed by atoms with E-state index in [1.807, 2.05) is 49.4 Å². The van der Waals surface area contributed by atoms with Gasteiger partial charge in [-0.15, -0.1) is 11.6 Å². The molecule has 0 amide bonds. The van der Waals surface area contributed by atoms with Crippen LogP contribution in [0.1, 0.15) is 11.1 Å². The van der Waals surface area contributed by atoms with Gasteiger partial charge in [-0.05, 0) is 52.2 Å². The zero-order valence-corrected chi connectivity index (χ0v) is 11.8. The lowest BCUT2D eigenvalue weighted by molar-refractivity contribution is 0.476. The third-order valence-corrected chi connectivity index (χ3v) is 3.41. The van der Waals surface area contributed by atoms with Crippen LogP contribution in [-0.4, -0.2) is 0 Å². The Hall–Kier alpha value is -0.990. The molecular weight excluding hydrogens is 300 g/mol. The standard InChI is InChI=1S/C14H12BrClO/c1-10-8-11(9-16)6-7-13(10)17-14-5-3-2-4-12(14)15/h2-8H,9H2,1H3. The smallest absolute Gasteiger partial charge is 0.141 e. The second-order valence-electron chi connectivity index (χ2n) is 3.77. The highest BCUT2D eigenvalue weighted by atomic mass is 79.9. The highest BCUT2D eigenvalue weighted by Crippen LogP contribution is 2.31. The summed E-state index contributed by atoms with van der Waals surface area (Å²) in [5, 5.41) is 0. The van der Waals surface area contributed by atoms with Gasteiger partial charge in [0.25, 0.3) is 0 Å². The molecule has 0 aromatic heterocycles. The van der Waals surface area contributed by atoms with Crippen LogP contribution in [0.3, 0.4) is 0 Å². The quantitative estimate of drug-likeness (QED) is 0.700. The third-order valence-electron chi connectivity index (χ3n) is 2.45. The minimum absolute atomic E-state index is 0.524. The summed E-state index contributed by atoms with van der Waals surface area (Å²) in [6, 6.07) is 13.8. The number of rotatable bonds is 3. The topological polar surface area (TPSA) is 9.23 Å². The summed E-state index contributed by atoms with van der Waals surface area (Å²) in [5.74, 6) is 2.19. The molecule has 0 aliphatic rings. The molecule has 0 aliphatic heterocycles. The molecule has 0 radical (unpaired) electrons. The van der Waals surface area contributed by atoms with Gasteiger partial charge in [-0.2, -0.15) is 0 Å². The fourth-order valence-corrected chi connectivity index (χ4v) is 2.09. The Labute approximate surface area is 115 Å². The maximum atomic E-state index is 5.85. The van der Waals surface area contributed by atoms with Crippen molar-refractivity contribution in [1.29, 1.82) is 0 Å². The minimum Gasteiger partial charge on any atom is -0.456 e. The molecule has 0 spiro atoms. The number of alkyl halides is 1. The van der Waals surface area contributed by atoms with E-state index in [0.717, 1.165) is 27.1 Å². The van der Waals surface area contributed by atoms with Crippen molar-refractivity contribution in [3.8, 4) is 11.5 Å². The van der Waals surface area contributed by atoms with Crippen molar-refractivity contribution in [1.82, 2.24) is 0 Å². The van der Waals surface area contributed by atoms with Gasteiger partial charge in [-0.1, -0.05) is 24.3 Å². The van der Waals surface area contributed by atoms with Gasteiger partial charge < -0.3 is 4.74 Å². The van der Waals surface area contributed by atoms with Crippen LogP contribution >= 0.6 is 27.5 Å². The molecule has 88 valence electrons. The Bertz CT molecular complexity index is 525. The molecule has 0 N–H and O–H groups in total. The lowest BCUT2D eigenvalue weighted by atomic mass is 10.1. The first kappa shape index (κ1) is 12.5. The van der Waals surface area contributed by atoms with Crippen LogP contribution in [0, 0.1) is 6.92 Å². The Kier molecular flexibility index (Phi) is 4.08. The van der Waals surface area contributed by atoms with Gasteiger partial charge in [0.15, 0.2) is 0 Å². The molecule has 0 fully saturated rings. The van der Waals surface area contributed by atoms with Gasteiger partial charge in [0.2, 0.25) is 0 Å². The molecule has 2 aromatic rings. The number of para-hydroxylation sites is 1. The van der Waals surface area contributed by atoms with Crippen LogP contribution in [0.4, 0.5) is 0 Å². The number of halogens is 2. The Morgan fingerprint density at radius 3 is 2.53 bits per heavy atom. The fraction of sp³-hybridized carbons (Fsp3) is 0.143. The molecule has 17 heavy (non-hydrogen) atoms. The summed E-state index contributed by atoms with van der Waals surface area (Å²) in [4.78, 5) is 0. The second-order valence-corrected chi connectivity index (χ2v) is 4.89. The SMILES string of the molecule is Cc1cc(CCl)ccc1Oc1ccccc1Br. The summed E-state index contributed by atoms with van der Waals surface area (Å²) < 4.78 is 6.79. The maximum Gasteiger partial charge on any atom is 0.141 e. The van der Waals surface area contributed by atoms with E-state index in [0.29, 0.717) is 5.88 Å². The van der Waals surface area contributed by atoms with E-state index in [4.69, 9.17) is 16.3 Å². The molecule has 0 unspecified atom stereocenters. The van der Waals surface area contributed by atoms with Crippen LogP contribution in [0.25, 0.3) is 0 Å². The molecule has 2 rings (SSSR count). The lowest BCUT2D eigenvalue weighted by Crippen LogP contribution is -1.89. The summed E-state index contributed by atoms with van der Waals surface area (Å²) in [6.45, 7) is 2.02. The van der Waals surface area contributed by atoms with E-state index in [9.17, 15) is 0 Å². The summed E-state index contributed by atoms with van der Waals surface area (Å²) in [6.07, 6.45) is 0. The number of hydrogen-bond donors (Lipinski definition) is 0. The first-order valence-corrected chi connectivity index (χ1v) is 6.61. The highest BCUT2D eigenvalue weighted by Gasteiger charge is 2.05. The van der Waals surface area contributed by atoms with Crippen molar-refractivity contribution in [3.05, 3.63) is 58.1 Å². The van der Waals surface area contributed by atoms with E-state index in [1.165, 1.54) is 0 Å². The zero-order chi connectivity index (χ0) is 12.3. The Morgan fingerprint density at radius 2 is 1.88 bits per heavy atom.